The summed E-state index contributed by atoms with van der Waals surface area (Å²) in [5, 5.41) is 0. The van der Waals surface area contributed by atoms with Crippen molar-refractivity contribution >= 4 is 19.9 Å². The molecule has 1 aliphatic heterocycles. The van der Waals surface area contributed by atoms with Crippen LogP contribution in [0.15, 0.2) is 0 Å². The second kappa shape index (κ2) is 5.89. The number of nitrogens with zero attached hydrogens (tertiary/aromatic N) is 1. The van der Waals surface area contributed by atoms with Gasteiger partial charge in [-0.05, 0) is 13.8 Å². The van der Waals surface area contributed by atoms with E-state index in [1.165, 1.54) is 0 Å². The molecule has 0 aromatic rings. The normalized spacial score (nSPS) is 25.4. The molecule has 0 aromatic heterocycles. The molecule has 5 nitrogen and oxygen atoms in total. The van der Waals surface area contributed by atoms with Crippen LogP contribution in [0.2, 0.25) is 0 Å². The van der Waals surface area contributed by atoms with E-state index >= 15 is 0 Å². The Balaban J connectivity index is 2.66. The van der Waals surface area contributed by atoms with E-state index in [1.54, 1.807) is 13.8 Å². The molecule has 16 heavy (non-hydrogen) atoms. The molecule has 1 rings (SSSR count). The van der Waals surface area contributed by atoms with Crippen LogP contribution in [0.5, 0.6) is 0 Å². The van der Waals surface area contributed by atoms with Crippen LogP contribution in [-0.4, -0.2) is 51.0 Å². The molecule has 0 aliphatic carbocycles. The van der Waals surface area contributed by atoms with Crippen LogP contribution < -0.4 is 0 Å². The quantitative estimate of drug-likeness (QED) is 0.465. The standard InChI is InChI=1S/C10H18BNO4/c1-3-15-9(13)7-5-12(11)6-8(7)10(14)16-4-2/h7-8H,3-6,11H2,1-2H3/t7-,8-/m0/s1. The van der Waals surface area contributed by atoms with Crippen LogP contribution in [-0.2, 0) is 19.1 Å². The van der Waals surface area contributed by atoms with Gasteiger partial charge in [-0.3, -0.25) is 9.59 Å². The molecular formula is C10H18BNO4. The van der Waals surface area contributed by atoms with E-state index in [2.05, 4.69) is 0 Å². The van der Waals surface area contributed by atoms with E-state index in [-0.39, 0.29) is 23.8 Å². The van der Waals surface area contributed by atoms with Crippen molar-refractivity contribution in [1.82, 2.24) is 4.81 Å². The molecule has 0 amide bonds. The average molecular weight is 227 g/mol. The highest BCUT2D eigenvalue weighted by molar-refractivity contribution is 6.05. The van der Waals surface area contributed by atoms with Crippen molar-refractivity contribution in [1.29, 1.82) is 0 Å². The zero-order valence-corrected chi connectivity index (χ0v) is 10.1. The molecule has 2 atom stereocenters. The van der Waals surface area contributed by atoms with E-state index in [9.17, 15) is 9.59 Å². The summed E-state index contributed by atoms with van der Waals surface area (Å²) in [7, 11) is 1.88. The molecule has 0 spiro atoms. The van der Waals surface area contributed by atoms with Crippen LogP contribution >= 0.6 is 0 Å². The predicted molar refractivity (Wildman–Crippen MR) is 60.4 cm³/mol. The second-order valence-corrected chi connectivity index (χ2v) is 3.94. The summed E-state index contributed by atoms with van der Waals surface area (Å²) in [6, 6.07) is 0. The third-order valence-corrected chi connectivity index (χ3v) is 2.68. The lowest BCUT2D eigenvalue weighted by atomic mass is 9.96. The zero-order chi connectivity index (χ0) is 12.1. The Hall–Kier alpha value is -1.04. The number of hydrogen-bond acceptors (Lipinski definition) is 5. The Kier molecular flexibility index (Phi) is 4.80. The van der Waals surface area contributed by atoms with Gasteiger partial charge in [-0.15, -0.1) is 0 Å². The predicted octanol–water partition coefficient (Wildman–Crippen LogP) is -0.791. The van der Waals surface area contributed by atoms with Crippen LogP contribution in [0.4, 0.5) is 0 Å². The van der Waals surface area contributed by atoms with Gasteiger partial charge in [0.2, 0.25) is 0 Å². The van der Waals surface area contributed by atoms with Crippen LogP contribution in [0.3, 0.4) is 0 Å². The molecule has 0 aromatic carbocycles. The van der Waals surface area contributed by atoms with E-state index in [0.717, 1.165) is 0 Å². The number of carbonyl (C=O) groups is 2. The number of esters is 2. The molecule has 0 radical (unpaired) electrons. The van der Waals surface area contributed by atoms with Gasteiger partial charge in [0.15, 0.2) is 7.98 Å². The minimum atomic E-state index is -0.385. The maximum Gasteiger partial charge on any atom is 0.311 e. The fourth-order valence-corrected chi connectivity index (χ4v) is 1.98. The maximum atomic E-state index is 11.7. The first kappa shape index (κ1) is 13.0. The molecule has 0 unspecified atom stereocenters. The lowest BCUT2D eigenvalue weighted by Crippen LogP contribution is -2.31. The summed E-state index contributed by atoms with van der Waals surface area (Å²) in [6.45, 7) is 5.32. The highest BCUT2D eigenvalue weighted by atomic mass is 16.5. The van der Waals surface area contributed by atoms with E-state index < -0.39 is 0 Å². The third-order valence-electron chi connectivity index (χ3n) is 2.68. The van der Waals surface area contributed by atoms with Crippen molar-refractivity contribution in [2.45, 2.75) is 13.8 Å². The van der Waals surface area contributed by atoms with Crippen molar-refractivity contribution in [3.8, 4) is 0 Å². The molecule has 1 heterocycles. The molecule has 0 saturated carbocycles. The molecule has 1 fully saturated rings. The lowest BCUT2D eigenvalue weighted by molar-refractivity contribution is -0.157. The van der Waals surface area contributed by atoms with Crippen molar-refractivity contribution in [3.05, 3.63) is 0 Å². The zero-order valence-electron chi connectivity index (χ0n) is 10.1. The van der Waals surface area contributed by atoms with E-state index in [0.29, 0.717) is 26.3 Å². The topological polar surface area (TPSA) is 55.8 Å². The van der Waals surface area contributed by atoms with Gasteiger partial charge in [0.25, 0.3) is 0 Å². The fourth-order valence-electron chi connectivity index (χ4n) is 1.98. The molecular weight excluding hydrogens is 209 g/mol. The molecule has 6 heteroatoms. The van der Waals surface area contributed by atoms with Gasteiger partial charge in [-0.2, -0.15) is 0 Å². The first-order valence-corrected chi connectivity index (χ1v) is 5.61. The summed E-state index contributed by atoms with van der Waals surface area (Å²) in [4.78, 5) is 25.3. The van der Waals surface area contributed by atoms with Gasteiger partial charge >= 0.3 is 11.9 Å². The van der Waals surface area contributed by atoms with Crippen LogP contribution in [0.1, 0.15) is 13.8 Å². The average Bonchev–Trinajstić information content (AvgIpc) is 2.61. The third kappa shape index (κ3) is 2.98. The summed E-state index contributed by atoms with van der Waals surface area (Å²) < 4.78 is 9.92. The van der Waals surface area contributed by atoms with Gasteiger partial charge in [-0.1, -0.05) is 0 Å². The van der Waals surface area contributed by atoms with Crippen molar-refractivity contribution in [2.75, 3.05) is 26.3 Å². The molecule has 90 valence electrons. The Labute approximate surface area is 96.5 Å². The van der Waals surface area contributed by atoms with Gasteiger partial charge in [0.1, 0.15) is 0 Å². The van der Waals surface area contributed by atoms with Gasteiger partial charge in [0.05, 0.1) is 25.0 Å². The van der Waals surface area contributed by atoms with Gasteiger partial charge in [0, 0.05) is 13.1 Å². The first-order chi connectivity index (χ1) is 7.60. The second-order valence-electron chi connectivity index (χ2n) is 3.94. The van der Waals surface area contributed by atoms with Crippen LogP contribution in [0, 0.1) is 11.8 Å². The van der Waals surface area contributed by atoms with Crippen molar-refractivity contribution < 1.29 is 19.1 Å². The number of ether oxygens (including phenoxy) is 2. The van der Waals surface area contributed by atoms with Gasteiger partial charge in [-0.25, -0.2) is 0 Å². The minimum Gasteiger partial charge on any atom is -0.466 e. The number of carbonyl (C=O) groups excluding carboxylic acids is 2. The minimum absolute atomic E-state index is 0.301. The van der Waals surface area contributed by atoms with Crippen molar-refractivity contribution in [3.63, 3.8) is 0 Å². The van der Waals surface area contributed by atoms with Crippen LogP contribution in [0.25, 0.3) is 0 Å². The fraction of sp³-hybridized carbons (Fsp3) is 0.800. The largest absolute Gasteiger partial charge is 0.466 e. The van der Waals surface area contributed by atoms with Gasteiger partial charge < -0.3 is 14.3 Å². The Morgan fingerprint density at radius 2 is 1.50 bits per heavy atom. The molecule has 0 N–H and O–H groups in total. The lowest BCUT2D eigenvalue weighted by Gasteiger charge is -2.15. The summed E-state index contributed by atoms with van der Waals surface area (Å²) in [5.41, 5.74) is 0. The Morgan fingerprint density at radius 1 is 1.12 bits per heavy atom. The van der Waals surface area contributed by atoms with E-state index in [4.69, 9.17) is 9.47 Å². The van der Waals surface area contributed by atoms with Crippen molar-refractivity contribution in [2.24, 2.45) is 11.8 Å². The number of rotatable bonds is 4. The monoisotopic (exact) mass is 227 g/mol. The maximum absolute atomic E-state index is 11.7. The molecule has 1 aliphatic rings. The summed E-state index contributed by atoms with van der Waals surface area (Å²) >= 11 is 0. The van der Waals surface area contributed by atoms with E-state index in [1.807, 2.05) is 12.8 Å². The smallest absolute Gasteiger partial charge is 0.311 e. The SMILES string of the molecule is BN1C[C@H](C(=O)OCC)[C@@H](C(=O)OCC)C1. The highest BCUT2D eigenvalue weighted by Crippen LogP contribution is 2.24. The molecule has 1 saturated heterocycles. The first-order valence-electron chi connectivity index (χ1n) is 5.61. The molecule has 0 bridgehead atoms. The summed E-state index contributed by atoms with van der Waals surface area (Å²) in [5.74, 6) is -1.37. The highest BCUT2D eigenvalue weighted by Gasteiger charge is 2.41. The Bertz CT molecular complexity index is 246. The number of hydrogen-bond donors (Lipinski definition) is 0. The summed E-state index contributed by atoms with van der Waals surface area (Å²) in [6.07, 6.45) is 0. The Morgan fingerprint density at radius 3 is 1.81 bits per heavy atom.